The average Bonchev–Trinajstić information content (AvgIpc) is 3.23. The predicted octanol–water partition coefficient (Wildman–Crippen LogP) is 3.42. The van der Waals surface area contributed by atoms with Gasteiger partial charge in [-0.15, -0.1) is 0 Å². The number of amides is 2. The molecule has 6 nitrogen and oxygen atoms in total. The Kier molecular flexibility index (Phi) is 4.11. The van der Waals surface area contributed by atoms with Gasteiger partial charge in [0.05, 0.1) is 23.8 Å². The summed E-state index contributed by atoms with van der Waals surface area (Å²) in [4.78, 5) is 38.8. The molecule has 1 saturated heterocycles. The third-order valence-corrected chi connectivity index (χ3v) is 5.20. The van der Waals surface area contributed by atoms with E-state index in [9.17, 15) is 14.4 Å². The summed E-state index contributed by atoms with van der Waals surface area (Å²) in [6.07, 6.45) is 3.85. The van der Waals surface area contributed by atoms with E-state index in [4.69, 9.17) is 9.15 Å². The highest BCUT2D eigenvalue weighted by Gasteiger charge is 2.50. The highest BCUT2D eigenvalue weighted by Crippen LogP contribution is 2.42. The van der Waals surface area contributed by atoms with Gasteiger partial charge >= 0.3 is 5.97 Å². The molecule has 1 aliphatic carbocycles. The minimum atomic E-state index is -0.631. The lowest BCUT2D eigenvalue weighted by Crippen LogP contribution is -2.30. The van der Waals surface area contributed by atoms with Crippen molar-refractivity contribution in [1.29, 1.82) is 0 Å². The lowest BCUT2D eigenvalue weighted by atomic mass is 9.76. The number of nitrogens with zero attached hydrogens (tertiary/aromatic N) is 1. The Bertz CT molecular complexity index is 857. The summed E-state index contributed by atoms with van der Waals surface area (Å²) in [7, 11) is 0. The number of carbonyl (C=O) groups is 3. The molecule has 0 unspecified atom stereocenters. The van der Waals surface area contributed by atoms with Crippen molar-refractivity contribution in [2.75, 3.05) is 4.90 Å². The van der Waals surface area contributed by atoms with Gasteiger partial charge in [0.1, 0.15) is 5.75 Å². The van der Waals surface area contributed by atoms with E-state index in [1.165, 1.54) is 23.3 Å². The number of esters is 1. The smallest absolute Gasteiger partial charge is 0.379 e. The van der Waals surface area contributed by atoms with E-state index in [2.05, 4.69) is 6.92 Å². The van der Waals surface area contributed by atoms with Gasteiger partial charge in [-0.2, -0.15) is 0 Å². The fraction of sp³-hybridized carbons (Fsp3) is 0.350. The van der Waals surface area contributed by atoms with E-state index in [1.807, 2.05) is 0 Å². The SMILES string of the molecule is C[C@@H]1CC[C@@H]2C(=O)N(c3cccc(OC(=O)c4ccco4)c3)C(=O)[C@@H]2C1. The summed E-state index contributed by atoms with van der Waals surface area (Å²) >= 11 is 0. The number of imide groups is 1. The van der Waals surface area contributed by atoms with Crippen molar-refractivity contribution in [2.45, 2.75) is 26.2 Å². The quantitative estimate of drug-likeness (QED) is 0.480. The van der Waals surface area contributed by atoms with Crippen LogP contribution >= 0.6 is 0 Å². The second-order valence-corrected chi connectivity index (χ2v) is 7.01. The van der Waals surface area contributed by atoms with E-state index in [-0.39, 0.29) is 35.2 Å². The van der Waals surface area contributed by atoms with Crippen molar-refractivity contribution >= 4 is 23.5 Å². The molecule has 2 aromatic rings. The molecule has 0 radical (unpaired) electrons. The van der Waals surface area contributed by atoms with Crippen LogP contribution in [0.4, 0.5) is 5.69 Å². The lowest BCUT2D eigenvalue weighted by molar-refractivity contribution is -0.122. The molecule has 1 aromatic carbocycles. The van der Waals surface area contributed by atoms with Gasteiger partial charge < -0.3 is 9.15 Å². The zero-order valence-corrected chi connectivity index (χ0v) is 14.4. The molecule has 1 aliphatic heterocycles. The zero-order chi connectivity index (χ0) is 18.3. The van der Waals surface area contributed by atoms with Gasteiger partial charge in [-0.1, -0.05) is 13.0 Å². The second kappa shape index (κ2) is 6.44. The largest absolute Gasteiger partial charge is 0.457 e. The van der Waals surface area contributed by atoms with Crippen LogP contribution in [0.25, 0.3) is 0 Å². The number of anilines is 1. The Hall–Kier alpha value is -2.89. The predicted molar refractivity (Wildman–Crippen MR) is 92.6 cm³/mol. The lowest BCUT2D eigenvalue weighted by Gasteiger charge is -2.25. The van der Waals surface area contributed by atoms with E-state index in [0.717, 1.165) is 19.3 Å². The Morgan fingerprint density at radius 3 is 2.69 bits per heavy atom. The van der Waals surface area contributed by atoms with Crippen molar-refractivity contribution in [3.63, 3.8) is 0 Å². The third-order valence-electron chi connectivity index (χ3n) is 5.20. The monoisotopic (exact) mass is 353 g/mol. The molecule has 26 heavy (non-hydrogen) atoms. The van der Waals surface area contributed by atoms with Crippen LogP contribution in [0.2, 0.25) is 0 Å². The van der Waals surface area contributed by atoms with Crippen molar-refractivity contribution in [3.05, 3.63) is 48.4 Å². The maximum absolute atomic E-state index is 12.8. The fourth-order valence-electron chi connectivity index (χ4n) is 3.88. The minimum Gasteiger partial charge on any atom is -0.457 e. The van der Waals surface area contributed by atoms with Gasteiger partial charge in [0.25, 0.3) is 0 Å². The van der Waals surface area contributed by atoms with Gasteiger partial charge in [-0.3, -0.25) is 9.59 Å². The van der Waals surface area contributed by atoms with Crippen LogP contribution in [-0.2, 0) is 9.59 Å². The zero-order valence-electron chi connectivity index (χ0n) is 14.4. The van der Waals surface area contributed by atoms with Crippen molar-refractivity contribution in [2.24, 2.45) is 17.8 Å². The molecule has 2 amide bonds. The molecule has 1 aromatic heterocycles. The van der Waals surface area contributed by atoms with Gasteiger partial charge in [-0.25, -0.2) is 9.69 Å². The number of fused-ring (bicyclic) bond motifs is 1. The number of carbonyl (C=O) groups excluding carboxylic acids is 3. The Labute approximate surface area is 150 Å². The summed E-state index contributed by atoms with van der Waals surface area (Å²) < 4.78 is 10.3. The maximum Gasteiger partial charge on any atom is 0.379 e. The van der Waals surface area contributed by atoms with E-state index in [1.54, 1.807) is 24.3 Å². The normalized spacial score (nSPS) is 25.3. The van der Waals surface area contributed by atoms with Gasteiger partial charge in [-0.05, 0) is 49.4 Å². The first-order chi connectivity index (χ1) is 12.5. The highest BCUT2D eigenvalue weighted by atomic mass is 16.5. The maximum atomic E-state index is 12.8. The third kappa shape index (κ3) is 2.81. The molecule has 4 rings (SSSR count). The average molecular weight is 353 g/mol. The Balaban J connectivity index is 1.57. The molecule has 0 spiro atoms. The van der Waals surface area contributed by atoms with Crippen molar-refractivity contribution in [1.82, 2.24) is 0 Å². The highest BCUT2D eigenvalue weighted by molar-refractivity contribution is 6.22. The van der Waals surface area contributed by atoms with Crippen LogP contribution in [-0.4, -0.2) is 17.8 Å². The molecule has 134 valence electrons. The number of benzene rings is 1. The molecule has 3 atom stereocenters. The molecule has 2 aliphatic rings. The topological polar surface area (TPSA) is 76.8 Å². The van der Waals surface area contributed by atoms with E-state index >= 15 is 0 Å². The molecule has 6 heteroatoms. The molecule has 0 bridgehead atoms. The van der Waals surface area contributed by atoms with E-state index in [0.29, 0.717) is 11.6 Å². The van der Waals surface area contributed by atoms with Crippen molar-refractivity contribution < 1.29 is 23.5 Å². The first-order valence-corrected chi connectivity index (χ1v) is 8.78. The van der Waals surface area contributed by atoms with Gasteiger partial charge in [0.2, 0.25) is 17.6 Å². The Morgan fingerprint density at radius 1 is 1.12 bits per heavy atom. The standard InChI is InChI=1S/C20H19NO5/c1-12-7-8-15-16(10-12)19(23)21(18(15)22)13-4-2-5-14(11-13)26-20(24)17-6-3-9-25-17/h2-6,9,11-12,15-16H,7-8,10H2,1H3/t12-,15+,16-/m1/s1. The second-order valence-electron chi connectivity index (χ2n) is 7.01. The fourth-order valence-corrected chi connectivity index (χ4v) is 3.88. The summed E-state index contributed by atoms with van der Waals surface area (Å²) in [5.41, 5.74) is 0.437. The van der Waals surface area contributed by atoms with Crippen molar-refractivity contribution in [3.8, 4) is 5.75 Å². The minimum absolute atomic E-state index is 0.0868. The van der Waals surface area contributed by atoms with Gasteiger partial charge in [0.15, 0.2) is 0 Å². The number of hydrogen-bond donors (Lipinski definition) is 0. The van der Waals surface area contributed by atoms with Crippen LogP contribution in [0.3, 0.4) is 0 Å². The summed E-state index contributed by atoms with van der Waals surface area (Å²) in [6.45, 7) is 2.12. The summed E-state index contributed by atoms with van der Waals surface area (Å²) in [5, 5.41) is 0. The molecule has 0 N–H and O–H groups in total. The number of ether oxygens (including phenoxy) is 1. The molecule has 2 fully saturated rings. The van der Waals surface area contributed by atoms with Crippen LogP contribution in [0, 0.1) is 17.8 Å². The van der Waals surface area contributed by atoms with Crippen LogP contribution in [0.15, 0.2) is 47.1 Å². The first kappa shape index (κ1) is 16.6. The van der Waals surface area contributed by atoms with Gasteiger partial charge in [0, 0.05) is 6.07 Å². The number of furan rings is 1. The Morgan fingerprint density at radius 2 is 1.92 bits per heavy atom. The molecular weight excluding hydrogens is 334 g/mol. The number of rotatable bonds is 3. The molecule has 1 saturated carbocycles. The van der Waals surface area contributed by atoms with E-state index < -0.39 is 5.97 Å². The summed E-state index contributed by atoms with van der Waals surface area (Å²) in [6, 6.07) is 9.58. The summed E-state index contributed by atoms with van der Waals surface area (Å²) in [5.74, 6) is -0.602. The van der Waals surface area contributed by atoms with Crippen LogP contribution < -0.4 is 9.64 Å². The van der Waals surface area contributed by atoms with Crippen LogP contribution in [0.1, 0.15) is 36.7 Å². The number of hydrogen-bond acceptors (Lipinski definition) is 5. The van der Waals surface area contributed by atoms with Crippen LogP contribution in [0.5, 0.6) is 5.75 Å². The molecular formula is C20H19NO5. The first-order valence-electron chi connectivity index (χ1n) is 8.78. The molecule has 2 heterocycles.